The molecular formula is C13H19F3O5S. The zero-order valence-corrected chi connectivity index (χ0v) is 13.2. The summed E-state index contributed by atoms with van der Waals surface area (Å²) in [7, 11) is -6.09. The molecule has 3 unspecified atom stereocenters. The van der Waals surface area contributed by atoms with E-state index in [0.29, 0.717) is 24.4 Å². The van der Waals surface area contributed by atoms with Gasteiger partial charge >= 0.3 is 11.5 Å². The van der Waals surface area contributed by atoms with Crippen LogP contribution in [0.25, 0.3) is 0 Å². The average Bonchev–Trinajstić information content (AvgIpc) is 2.72. The van der Waals surface area contributed by atoms with Gasteiger partial charge in [0.05, 0.1) is 26.4 Å². The van der Waals surface area contributed by atoms with E-state index in [4.69, 9.17) is 17.7 Å². The van der Waals surface area contributed by atoms with Gasteiger partial charge in [0.15, 0.2) is 10.1 Å². The highest BCUT2D eigenvalue weighted by Gasteiger charge is 2.71. The van der Waals surface area contributed by atoms with Crippen LogP contribution in [0.1, 0.15) is 39.5 Å². The Balaban J connectivity index is 0.000000261. The number of alkyl halides is 3. The predicted octanol–water partition coefficient (Wildman–Crippen LogP) is 2.63. The molecule has 0 bridgehead atoms. The van der Waals surface area contributed by atoms with Gasteiger partial charge in [-0.2, -0.15) is 13.2 Å². The molecule has 2 aliphatic carbocycles. The Morgan fingerprint density at radius 1 is 1.45 bits per heavy atom. The van der Waals surface area contributed by atoms with E-state index in [1.165, 1.54) is 19.3 Å². The third kappa shape index (κ3) is 4.07. The third-order valence-corrected chi connectivity index (χ3v) is 4.87. The van der Waals surface area contributed by atoms with Crippen LogP contribution in [0.4, 0.5) is 13.2 Å². The molecule has 9 heteroatoms. The van der Waals surface area contributed by atoms with Gasteiger partial charge in [0, 0.05) is 11.3 Å². The minimum absolute atomic E-state index is 0.00347. The van der Waals surface area contributed by atoms with Crippen LogP contribution in [0.15, 0.2) is 0 Å². The Labute approximate surface area is 128 Å². The van der Waals surface area contributed by atoms with Crippen molar-refractivity contribution in [1.82, 2.24) is 0 Å². The summed E-state index contributed by atoms with van der Waals surface area (Å²) in [6.07, 6.45) is 6.78. The normalized spacial score (nSPS) is 29.9. The molecule has 0 spiro atoms. The highest BCUT2D eigenvalue weighted by atomic mass is 32.2. The first-order valence-electron chi connectivity index (χ1n) is 6.97. The Kier molecular flexibility index (Phi) is 5.77. The number of rotatable bonds is 4. The fourth-order valence-corrected chi connectivity index (χ4v) is 3.46. The molecule has 0 saturated heterocycles. The van der Waals surface area contributed by atoms with Crippen molar-refractivity contribution in [2.24, 2.45) is 17.3 Å². The highest BCUT2D eigenvalue weighted by Crippen LogP contribution is 2.71. The molecule has 128 valence electrons. The van der Waals surface area contributed by atoms with Gasteiger partial charge in [0.1, 0.15) is 5.92 Å². The minimum atomic E-state index is -6.09. The van der Waals surface area contributed by atoms with Gasteiger partial charge in [-0.25, -0.2) is 8.42 Å². The van der Waals surface area contributed by atoms with Crippen LogP contribution in [-0.2, 0) is 19.6 Å². The number of ether oxygens (including phenoxy) is 1. The maximum atomic E-state index is 11.5. The summed E-state index contributed by atoms with van der Waals surface area (Å²) in [5, 5.41) is 0. The first-order valence-corrected chi connectivity index (χ1v) is 8.37. The number of hydrogen-bond donors (Lipinski definition) is 0. The number of halogens is 3. The van der Waals surface area contributed by atoms with Crippen LogP contribution in [0.5, 0.6) is 0 Å². The summed E-state index contributed by atoms with van der Waals surface area (Å²) >= 11 is 0. The second-order valence-electron chi connectivity index (χ2n) is 5.47. The van der Waals surface area contributed by atoms with E-state index in [2.05, 4.69) is 13.3 Å². The van der Waals surface area contributed by atoms with Gasteiger partial charge in [-0.05, 0) is 19.8 Å². The zero-order valence-electron chi connectivity index (χ0n) is 12.4. The SMILES string of the molecule is C[CH+]C1C2CCCC12CC(=O)OCC.O=S(=O)([O-])C(F)(F)F. The first kappa shape index (κ1) is 19.1. The molecule has 0 aromatic carbocycles. The van der Waals surface area contributed by atoms with Crippen LogP contribution in [0, 0.1) is 23.7 Å². The molecule has 2 saturated carbocycles. The standard InChI is InChI=1S/C12H19O2.CHF3O3S/c1-3-9-10-6-5-7-12(9,10)8-11(13)14-4-2;2-1(3,4)8(5,6)7/h3,9-10H,4-8H2,1-2H3;(H,5,6,7)/q+1;/p-1. The second kappa shape index (κ2) is 6.66. The van der Waals surface area contributed by atoms with E-state index >= 15 is 0 Å². The van der Waals surface area contributed by atoms with Crippen molar-refractivity contribution in [3.8, 4) is 0 Å². The largest absolute Gasteiger partial charge is 0.741 e. The molecule has 0 aromatic heterocycles. The molecule has 0 radical (unpaired) electrons. The van der Waals surface area contributed by atoms with E-state index in [-0.39, 0.29) is 5.97 Å². The fraction of sp³-hybridized carbons (Fsp3) is 0.846. The summed E-state index contributed by atoms with van der Waals surface area (Å²) in [5.41, 5.74) is -5.33. The van der Waals surface area contributed by atoms with Gasteiger partial charge in [0.2, 0.25) is 0 Å². The van der Waals surface area contributed by atoms with Crippen LogP contribution < -0.4 is 0 Å². The lowest BCUT2D eigenvalue weighted by atomic mass is 9.95. The van der Waals surface area contributed by atoms with Crippen molar-refractivity contribution in [2.75, 3.05) is 6.61 Å². The van der Waals surface area contributed by atoms with Crippen molar-refractivity contribution in [1.29, 1.82) is 0 Å². The van der Waals surface area contributed by atoms with Crippen molar-refractivity contribution >= 4 is 16.1 Å². The Bertz CT molecular complexity index is 496. The van der Waals surface area contributed by atoms with Crippen LogP contribution in [0.2, 0.25) is 0 Å². The molecule has 22 heavy (non-hydrogen) atoms. The molecule has 2 aliphatic rings. The Hall–Kier alpha value is -0.960. The summed E-state index contributed by atoms with van der Waals surface area (Å²) in [4.78, 5) is 11.5. The summed E-state index contributed by atoms with van der Waals surface area (Å²) in [5.74, 6) is 1.49. The van der Waals surface area contributed by atoms with Crippen LogP contribution in [0.3, 0.4) is 0 Å². The number of carbonyl (C=O) groups is 1. The Morgan fingerprint density at radius 3 is 2.36 bits per heavy atom. The molecule has 0 N–H and O–H groups in total. The Morgan fingerprint density at radius 2 is 2.00 bits per heavy atom. The highest BCUT2D eigenvalue weighted by molar-refractivity contribution is 7.86. The van der Waals surface area contributed by atoms with Crippen LogP contribution >= 0.6 is 0 Å². The van der Waals surface area contributed by atoms with Crippen molar-refractivity contribution in [2.45, 2.75) is 45.0 Å². The lowest BCUT2D eigenvalue weighted by Gasteiger charge is -2.10. The fourth-order valence-electron chi connectivity index (χ4n) is 3.46. The maximum Gasteiger partial charge on any atom is 0.485 e. The summed E-state index contributed by atoms with van der Waals surface area (Å²) in [6, 6.07) is 0. The second-order valence-corrected chi connectivity index (χ2v) is 6.84. The number of carbonyl (C=O) groups excluding carboxylic acids is 1. The van der Waals surface area contributed by atoms with Gasteiger partial charge in [-0.1, -0.05) is 6.42 Å². The van der Waals surface area contributed by atoms with E-state index in [1.807, 2.05) is 6.92 Å². The average molecular weight is 344 g/mol. The monoisotopic (exact) mass is 344 g/mol. The lowest BCUT2D eigenvalue weighted by molar-refractivity contribution is -0.144. The van der Waals surface area contributed by atoms with E-state index in [9.17, 15) is 18.0 Å². The molecule has 2 fully saturated rings. The molecule has 0 heterocycles. The lowest BCUT2D eigenvalue weighted by Crippen LogP contribution is -2.21. The summed E-state index contributed by atoms with van der Waals surface area (Å²) < 4.78 is 63.9. The zero-order chi connectivity index (χ0) is 17.2. The molecule has 0 aliphatic heterocycles. The molecule has 5 nitrogen and oxygen atoms in total. The quantitative estimate of drug-likeness (QED) is 0.339. The van der Waals surface area contributed by atoms with E-state index in [1.54, 1.807) is 0 Å². The molecule has 0 aromatic rings. The van der Waals surface area contributed by atoms with E-state index in [0.717, 1.165) is 5.92 Å². The molecular weight excluding hydrogens is 325 g/mol. The number of fused-ring (bicyclic) bond motifs is 1. The van der Waals surface area contributed by atoms with E-state index < -0.39 is 15.6 Å². The predicted molar refractivity (Wildman–Crippen MR) is 70.2 cm³/mol. The van der Waals surface area contributed by atoms with Crippen molar-refractivity contribution in [3.63, 3.8) is 0 Å². The van der Waals surface area contributed by atoms with Gasteiger partial charge in [0.25, 0.3) is 0 Å². The summed E-state index contributed by atoms with van der Waals surface area (Å²) in [6.45, 7) is 4.51. The first-order chi connectivity index (χ1) is 9.99. The van der Waals surface area contributed by atoms with Crippen molar-refractivity contribution < 1.29 is 35.7 Å². The molecule has 2 rings (SSSR count). The maximum absolute atomic E-state index is 11.5. The van der Waals surface area contributed by atoms with Gasteiger partial charge < -0.3 is 9.29 Å². The third-order valence-electron chi connectivity index (χ3n) is 4.31. The topological polar surface area (TPSA) is 83.5 Å². The molecule has 3 atom stereocenters. The minimum Gasteiger partial charge on any atom is -0.741 e. The molecule has 0 amide bonds. The van der Waals surface area contributed by atoms with Crippen molar-refractivity contribution in [3.05, 3.63) is 6.42 Å². The van der Waals surface area contributed by atoms with Crippen LogP contribution in [-0.4, -0.2) is 31.1 Å². The van der Waals surface area contributed by atoms with Gasteiger partial charge in [-0.3, -0.25) is 4.79 Å². The van der Waals surface area contributed by atoms with Gasteiger partial charge in [-0.15, -0.1) is 0 Å². The number of hydrogen-bond acceptors (Lipinski definition) is 5. The number of esters is 1. The smallest absolute Gasteiger partial charge is 0.485 e.